The number of primary amides is 1. The lowest BCUT2D eigenvalue weighted by Crippen LogP contribution is -2.67. The van der Waals surface area contributed by atoms with Crippen LogP contribution in [-0.2, 0) is 25.5 Å². The molecule has 0 heterocycles. The summed E-state index contributed by atoms with van der Waals surface area (Å²) in [5.74, 6) is -8.56. The first-order chi connectivity index (χ1) is 21.7. The molecule has 1 fully saturated rings. The van der Waals surface area contributed by atoms with Crippen LogP contribution >= 0.6 is 0 Å². The predicted octanol–water partition coefficient (Wildman–Crippen LogP) is 1.72. The number of carboxylic acid groups (broad SMARTS) is 1. The highest BCUT2D eigenvalue weighted by atomic mass is 19.1. The molecule has 1 aromatic carbocycles. The Hall–Kier alpha value is -4.70. The number of aromatic hydroxyl groups is 1. The number of nitrogens with one attached hydrogen (secondary N) is 3. The maximum Gasteiger partial charge on any atom is 0.408 e. The third-order valence-electron chi connectivity index (χ3n) is 8.70. The van der Waals surface area contributed by atoms with Crippen molar-refractivity contribution in [2.45, 2.75) is 69.7 Å². The van der Waals surface area contributed by atoms with Crippen molar-refractivity contribution in [1.29, 1.82) is 5.41 Å². The van der Waals surface area contributed by atoms with Crippen molar-refractivity contribution in [1.82, 2.24) is 10.2 Å². The molecule has 3 aliphatic rings. The van der Waals surface area contributed by atoms with Gasteiger partial charge in [0, 0.05) is 29.7 Å². The molecule has 0 bridgehead atoms. The van der Waals surface area contributed by atoms with Crippen molar-refractivity contribution in [3.63, 3.8) is 0 Å². The Kier molecular flexibility index (Phi) is 9.34. The Bertz CT molecular complexity index is 1610. The predicted molar refractivity (Wildman–Crippen MR) is 165 cm³/mol. The largest absolute Gasteiger partial charge is 0.510 e. The summed E-state index contributed by atoms with van der Waals surface area (Å²) < 4.78 is 20.6. The zero-order valence-electron chi connectivity index (χ0n) is 26.6. The number of aliphatic hydroxyl groups is 3. The number of nitrogens with two attached hydrogens (primary N) is 1. The monoisotopic (exact) mass is 661 g/mol. The number of Topliss-reactive ketones (excluding diaryl/α,β-unsaturated/α-hetero) is 1. The molecular formula is C31H40FN5O10. The molecule has 10 N–H and O–H groups in total. The van der Waals surface area contributed by atoms with E-state index >= 15 is 4.39 Å². The molecule has 1 saturated carbocycles. The second kappa shape index (κ2) is 12.5. The first-order valence-electron chi connectivity index (χ1n) is 14.9. The quantitative estimate of drug-likeness (QED) is 0.135. The van der Waals surface area contributed by atoms with Gasteiger partial charge in [0.1, 0.15) is 40.3 Å². The van der Waals surface area contributed by atoms with Gasteiger partial charge in [0.25, 0.3) is 5.91 Å². The van der Waals surface area contributed by atoms with Crippen molar-refractivity contribution in [3.05, 3.63) is 39.9 Å². The molecule has 1 aromatic rings. The van der Waals surface area contributed by atoms with E-state index in [4.69, 9.17) is 15.9 Å². The van der Waals surface area contributed by atoms with Crippen LogP contribution in [0.5, 0.6) is 5.75 Å². The number of alkyl carbamates (subject to hydrolysis) is 1. The summed E-state index contributed by atoms with van der Waals surface area (Å²) in [4.78, 5) is 51.3. The molecule has 15 nitrogen and oxygen atoms in total. The minimum Gasteiger partial charge on any atom is -0.510 e. The number of likely N-dealkylation sites (N-methyl/N-ethyl adjacent to an activating group) is 1. The van der Waals surface area contributed by atoms with Crippen LogP contribution in [0.4, 0.5) is 14.9 Å². The highest BCUT2D eigenvalue weighted by Crippen LogP contribution is 2.53. The third-order valence-corrected chi connectivity index (χ3v) is 8.70. The lowest BCUT2D eigenvalue weighted by molar-refractivity contribution is -0.140. The summed E-state index contributed by atoms with van der Waals surface area (Å²) in [7, 11) is 3.06. The van der Waals surface area contributed by atoms with Crippen molar-refractivity contribution >= 4 is 40.9 Å². The van der Waals surface area contributed by atoms with E-state index in [1.807, 2.05) is 0 Å². The summed E-state index contributed by atoms with van der Waals surface area (Å²) in [6.45, 7) is 4.87. The fraction of sp³-hybridized carbons (Fsp3) is 0.516. The zero-order valence-corrected chi connectivity index (χ0v) is 26.6. The second-order valence-electron chi connectivity index (χ2n) is 13.2. The molecular weight excluding hydrogens is 621 g/mol. The first kappa shape index (κ1) is 35.2. The number of aliphatic hydroxyl groups excluding tert-OH is 2. The fourth-order valence-corrected chi connectivity index (χ4v) is 6.69. The number of nitrogens with zero attached hydrogens (tertiary/aromatic N) is 1. The van der Waals surface area contributed by atoms with Crippen LogP contribution in [0.1, 0.15) is 51.2 Å². The van der Waals surface area contributed by atoms with Crippen molar-refractivity contribution in [2.24, 2.45) is 17.6 Å². The number of ketones is 1. The van der Waals surface area contributed by atoms with Gasteiger partial charge in [-0.3, -0.25) is 14.5 Å². The highest BCUT2D eigenvalue weighted by molar-refractivity contribution is 6.34. The average molecular weight is 662 g/mol. The molecule has 0 unspecified atom stereocenters. The standard InChI is InChI=1S/C31H40FN5O10/c1-30(2,3)47-29(45)36-16(28(43)44)7-6-8-35-17-11-15(32)13-9-12-10-14-21(37(4)5)24(40)20(27(34)42)25(33)31(14,46)26(41)18(12)23(39)19(13)22(17)38/h11-12,14,16,21,33,35,38-40,46H,6-10H2,1-5H3,(H2,34,42)(H,36,45)(H,43,44)/t12-,14-,16-,21-,31+/m0/s1. The number of carboxylic acids is 1. The number of hydrogen-bond donors (Lipinski definition) is 9. The van der Waals surface area contributed by atoms with E-state index in [-0.39, 0.29) is 49.1 Å². The molecule has 3 aliphatic carbocycles. The number of hydrogen-bond acceptors (Lipinski definition) is 12. The molecule has 0 aromatic heterocycles. The molecule has 256 valence electrons. The van der Waals surface area contributed by atoms with Gasteiger partial charge in [-0.2, -0.15) is 0 Å². The topological polar surface area (TPSA) is 256 Å². The number of phenols is 1. The van der Waals surface area contributed by atoms with Gasteiger partial charge in [0.05, 0.1) is 23.0 Å². The number of anilines is 1. The number of ether oxygens (including phenoxy) is 1. The van der Waals surface area contributed by atoms with Crippen molar-refractivity contribution in [3.8, 4) is 5.75 Å². The second-order valence-corrected chi connectivity index (χ2v) is 13.2. The van der Waals surface area contributed by atoms with E-state index in [9.17, 15) is 44.7 Å². The van der Waals surface area contributed by atoms with Gasteiger partial charge >= 0.3 is 12.1 Å². The van der Waals surface area contributed by atoms with E-state index in [0.717, 1.165) is 6.07 Å². The van der Waals surface area contributed by atoms with Gasteiger partial charge in [-0.25, -0.2) is 14.0 Å². The van der Waals surface area contributed by atoms with Crippen LogP contribution in [0, 0.1) is 23.1 Å². The molecule has 16 heteroatoms. The zero-order chi connectivity index (χ0) is 35.3. The third kappa shape index (κ3) is 6.22. The summed E-state index contributed by atoms with van der Waals surface area (Å²) in [6.07, 6.45) is -1.13. The molecule has 0 aliphatic heterocycles. The fourth-order valence-electron chi connectivity index (χ4n) is 6.69. The number of rotatable bonds is 9. The van der Waals surface area contributed by atoms with Gasteiger partial charge in [-0.05, 0) is 66.5 Å². The lowest BCUT2D eigenvalue weighted by Gasteiger charge is -2.51. The Balaban J connectivity index is 1.62. The molecule has 5 atom stereocenters. The molecule has 0 saturated heterocycles. The molecule has 4 rings (SSSR count). The SMILES string of the molecule is CN(C)[C@@H]1C(O)=C(C(N)=O)C(=N)[C@@]2(O)C(=O)C3=C(O)c4c(O)c(NCCC[C@H](NC(=O)OC(C)(C)C)C(=O)O)cc(F)c4C[C@H]3C[C@@H]12. The van der Waals surface area contributed by atoms with Crippen LogP contribution < -0.4 is 16.4 Å². The number of carbonyl (C=O) groups excluding carboxylic acids is 3. The molecule has 2 amide bonds. The normalized spacial score (nSPS) is 24.7. The van der Waals surface area contributed by atoms with Gasteiger partial charge in [-0.1, -0.05) is 0 Å². The van der Waals surface area contributed by atoms with Crippen LogP contribution in [-0.4, -0.2) is 104 Å². The van der Waals surface area contributed by atoms with Crippen molar-refractivity contribution in [2.75, 3.05) is 26.0 Å². The summed E-state index contributed by atoms with van der Waals surface area (Å²) in [6, 6.07) is -1.42. The van der Waals surface area contributed by atoms with E-state index in [1.165, 1.54) is 19.0 Å². The Morgan fingerprint density at radius 1 is 1.23 bits per heavy atom. The number of amides is 2. The Morgan fingerprint density at radius 2 is 1.87 bits per heavy atom. The molecule has 47 heavy (non-hydrogen) atoms. The number of phenolic OH excluding ortho intramolecular Hbond substituents is 1. The van der Waals surface area contributed by atoms with Gasteiger partial charge in [0.15, 0.2) is 5.60 Å². The van der Waals surface area contributed by atoms with Crippen LogP contribution in [0.25, 0.3) is 5.76 Å². The van der Waals surface area contributed by atoms with Crippen LogP contribution in [0.15, 0.2) is 23.0 Å². The first-order valence-corrected chi connectivity index (χ1v) is 14.9. The maximum absolute atomic E-state index is 15.5. The van der Waals surface area contributed by atoms with E-state index in [0.29, 0.717) is 0 Å². The number of fused-ring (bicyclic) bond motifs is 3. The van der Waals surface area contributed by atoms with E-state index in [1.54, 1.807) is 20.8 Å². The highest BCUT2D eigenvalue weighted by Gasteiger charge is 2.63. The number of halogens is 1. The maximum atomic E-state index is 15.5. The molecule has 0 radical (unpaired) electrons. The summed E-state index contributed by atoms with van der Waals surface area (Å²) in [5, 5.41) is 68.2. The number of carbonyl (C=O) groups is 4. The van der Waals surface area contributed by atoms with Crippen LogP contribution in [0.3, 0.4) is 0 Å². The molecule has 0 spiro atoms. The van der Waals surface area contributed by atoms with Gasteiger partial charge in [-0.15, -0.1) is 0 Å². The smallest absolute Gasteiger partial charge is 0.408 e. The minimum atomic E-state index is -2.68. The van der Waals surface area contributed by atoms with Crippen molar-refractivity contribution < 1.29 is 53.8 Å². The van der Waals surface area contributed by atoms with E-state index < -0.39 is 98.8 Å². The number of benzene rings is 1. The number of aliphatic carboxylic acids is 1. The van der Waals surface area contributed by atoms with E-state index in [2.05, 4.69) is 10.6 Å². The Morgan fingerprint density at radius 3 is 2.43 bits per heavy atom. The lowest BCUT2D eigenvalue weighted by atomic mass is 9.57. The van der Waals surface area contributed by atoms with Gasteiger partial charge < -0.3 is 52.0 Å². The summed E-state index contributed by atoms with van der Waals surface area (Å²) in [5.41, 5.74) is -0.818. The van der Waals surface area contributed by atoms with Gasteiger partial charge in [0.2, 0.25) is 5.78 Å². The summed E-state index contributed by atoms with van der Waals surface area (Å²) >= 11 is 0. The van der Waals surface area contributed by atoms with Crippen LogP contribution in [0.2, 0.25) is 0 Å². The average Bonchev–Trinajstić information content (AvgIpc) is 2.93. The minimum absolute atomic E-state index is 0.000689. The Labute approximate surface area is 269 Å².